The molecule has 28 heavy (non-hydrogen) atoms. The van der Waals surface area contributed by atoms with Gasteiger partial charge in [0.1, 0.15) is 6.61 Å². The minimum absolute atomic E-state index is 0.0252. The minimum Gasteiger partial charge on any atom is -0.460 e. The summed E-state index contributed by atoms with van der Waals surface area (Å²) < 4.78 is 17.0. The first kappa shape index (κ1) is 18.8. The molecule has 0 bridgehead atoms. The van der Waals surface area contributed by atoms with E-state index >= 15 is 0 Å². The van der Waals surface area contributed by atoms with Crippen LogP contribution in [-0.2, 0) is 19.0 Å². The number of cyclic esters (lactones) is 1. The third-order valence-electron chi connectivity index (χ3n) is 6.18. The maximum Gasteiger partial charge on any atom is 0.413 e. The van der Waals surface area contributed by atoms with Crippen molar-refractivity contribution in [3.8, 4) is 0 Å². The van der Waals surface area contributed by atoms with Crippen molar-refractivity contribution in [2.24, 2.45) is 5.92 Å². The molecule has 1 aliphatic carbocycles. The number of carbonyl (C=O) groups excluding carboxylic acids is 2. The Morgan fingerprint density at radius 3 is 2.79 bits per heavy atom. The quantitative estimate of drug-likeness (QED) is 0.718. The Hall–Kier alpha value is -2.50. The molecule has 2 heterocycles. The average Bonchev–Trinajstić information content (AvgIpc) is 3.31. The highest BCUT2D eigenvalue weighted by Gasteiger charge is 2.60. The van der Waals surface area contributed by atoms with Gasteiger partial charge in [0.25, 0.3) is 0 Å². The summed E-state index contributed by atoms with van der Waals surface area (Å²) in [7, 11) is 0. The zero-order chi connectivity index (χ0) is 19.7. The van der Waals surface area contributed by atoms with Crippen LogP contribution in [0, 0.1) is 5.92 Å². The number of fused-ring (bicyclic) bond motifs is 1. The van der Waals surface area contributed by atoms with E-state index in [4.69, 9.17) is 14.2 Å². The van der Waals surface area contributed by atoms with Crippen LogP contribution in [0.25, 0.3) is 0 Å². The van der Waals surface area contributed by atoms with Crippen LogP contribution in [0.4, 0.5) is 4.79 Å². The number of nitrogens with zero attached hydrogens (tertiary/aromatic N) is 1. The molecule has 4 atom stereocenters. The predicted octanol–water partition coefficient (Wildman–Crippen LogP) is 3.97. The van der Waals surface area contributed by atoms with Gasteiger partial charge < -0.3 is 14.2 Å². The number of esters is 1. The molecule has 1 saturated carbocycles. The summed E-state index contributed by atoms with van der Waals surface area (Å²) >= 11 is 0. The first-order valence-corrected chi connectivity index (χ1v) is 10.2. The van der Waals surface area contributed by atoms with Crippen molar-refractivity contribution in [3.05, 3.63) is 47.7 Å². The van der Waals surface area contributed by atoms with Gasteiger partial charge in [-0.05, 0) is 37.8 Å². The number of hydrogen-bond acceptors (Lipinski definition) is 5. The Bertz CT molecular complexity index is 776. The van der Waals surface area contributed by atoms with Crippen molar-refractivity contribution in [1.29, 1.82) is 0 Å². The summed E-state index contributed by atoms with van der Waals surface area (Å²) in [6.45, 7) is 4.45. The number of ether oxygens (including phenoxy) is 3. The van der Waals surface area contributed by atoms with Gasteiger partial charge in [0.15, 0.2) is 5.72 Å². The van der Waals surface area contributed by atoms with Gasteiger partial charge in [-0.1, -0.05) is 37.3 Å². The first-order valence-electron chi connectivity index (χ1n) is 10.2. The Morgan fingerprint density at radius 1 is 1.29 bits per heavy atom. The van der Waals surface area contributed by atoms with Gasteiger partial charge in [-0.3, -0.25) is 4.90 Å². The molecular weight excluding hydrogens is 358 g/mol. The molecule has 0 unspecified atom stereocenters. The molecule has 0 radical (unpaired) electrons. The molecule has 1 amide bonds. The number of carbonyl (C=O) groups is 2. The largest absolute Gasteiger partial charge is 0.460 e. The van der Waals surface area contributed by atoms with E-state index in [2.05, 4.69) is 12.1 Å². The summed E-state index contributed by atoms with van der Waals surface area (Å²) in [5, 5.41) is 0. The van der Waals surface area contributed by atoms with Crippen LogP contribution in [0.15, 0.2) is 42.2 Å². The lowest BCUT2D eigenvalue weighted by atomic mass is 9.77. The fourth-order valence-electron chi connectivity index (χ4n) is 4.97. The molecule has 6 nitrogen and oxygen atoms in total. The third-order valence-corrected chi connectivity index (χ3v) is 6.18. The van der Waals surface area contributed by atoms with E-state index in [0.717, 1.165) is 24.8 Å². The molecule has 0 spiro atoms. The number of benzene rings is 1. The molecule has 2 fully saturated rings. The standard InChI is InChI=1S/C22H27NO5/c1-3-16-14-27-21(25)23(16)22-12-8-11-18(22)17(15-9-6-5-7-10-15)13-19(28-22)20(24)26-4-2/h5-7,9-10,13,16-18H,3-4,8,11-12,14H2,1-2H3/t16-,17-,18-,22-/m1/s1. The molecule has 150 valence electrons. The van der Waals surface area contributed by atoms with Crippen LogP contribution >= 0.6 is 0 Å². The van der Waals surface area contributed by atoms with E-state index in [1.165, 1.54) is 0 Å². The molecule has 1 aromatic carbocycles. The highest BCUT2D eigenvalue weighted by molar-refractivity contribution is 5.87. The molecular formula is C22H27NO5. The van der Waals surface area contributed by atoms with Gasteiger partial charge in [0.2, 0.25) is 5.76 Å². The predicted molar refractivity (Wildman–Crippen MR) is 102 cm³/mol. The maximum atomic E-state index is 12.7. The van der Waals surface area contributed by atoms with Gasteiger partial charge in [-0.25, -0.2) is 9.59 Å². The van der Waals surface area contributed by atoms with Crippen LogP contribution in [0.5, 0.6) is 0 Å². The topological polar surface area (TPSA) is 65.1 Å². The number of amides is 1. The third kappa shape index (κ3) is 2.95. The van der Waals surface area contributed by atoms with E-state index in [9.17, 15) is 9.59 Å². The zero-order valence-electron chi connectivity index (χ0n) is 16.4. The summed E-state index contributed by atoms with van der Waals surface area (Å²) in [6.07, 6.45) is 4.84. The van der Waals surface area contributed by atoms with Crippen LogP contribution in [0.3, 0.4) is 0 Å². The Labute approximate surface area is 165 Å². The minimum atomic E-state index is -0.869. The van der Waals surface area contributed by atoms with E-state index < -0.39 is 11.7 Å². The average molecular weight is 385 g/mol. The zero-order valence-corrected chi connectivity index (χ0v) is 16.4. The SMILES string of the molecule is CCOC(=O)C1=C[C@H](c2ccccc2)[C@H]2CCC[C@@]2(N2C(=O)OC[C@H]2CC)O1. The summed E-state index contributed by atoms with van der Waals surface area (Å²) in [5.74, 6) is -0.243. The smallest absolute Gasteiger partial charge is 0.413 e. The Kier molecular flexibility index (Phi) is 5.04. The van der Waals surface area contributed by atoms with Gasteiger partial charge in [-0.15, -0.1) is 0 Å². The van der Waals surface area contributed by atoms with Crippen LogP contribution in [-0.4, -0.2) is 41.9 Å². The lowest BCUT2D eigenvalue weighted by Crippen LogP contribution is -2.59. The van der Waals surface area contributed by atoms with E-state index in [-0.39, 0.29) is 36.3 Å². The number of rotatable bonds is 5. The fraction of sp³-hybridized carbons (Fsp3) is 0.545. The Balaban J connectivity index is 1.81. The van der Waals surface area contributed by atoms with Crippen LogP contribution < -0.4 is 0 Å². The van der Waals surface area contributed by atoms with Gasteiger partial charge in [-0.2, -0.15) is 0 Å². The summed E-state index contributed by atoms with van der Waals surface area (Å²) in [4.78, 5) is 27.1. The highest BCUT2D eigenvalue weighted by Crippen LogP contribution is 2.54. The number of allylic oxidation sites excluding steroid dienone is 1. The van der Waals surface area contributed by atoms with E-state index in [1.807, 2.05) is 31.2 Å². The fourth-order valence-corrected chi connectivity index (χ4v) is 4.97. The monoisotopic (exact) mass is 385 g/mol. The van der Waals surface area contributed by atoms with Gasteiger partial charge in [0, 0.05) is 18.3 Å². The lowest BCUT2D eigenvalue weighted by molar-refractivity contribution is -0.172. The van der Waals surface area contributed by atoms with Crippen molar-refractivity contribution in [2.75, 3.05) is 13.2 Å². The molecule has 0 N–H and O–H groups in total. The van der Waals surface area contributed by atoms with E-state index in [1.54, 1.807) is 11.8 Å². The summed E-state index contributed by atoms with van der Waals surface area (Å²) in [5.41, 5.74) is 0.246. The first-order chi connectivity index (χ1) is 13.6. The van der Waals surface area contributed by atoms with Crippen molar-refractivity contribution in [1.82, 2.24) is 4.90 Å². The molecule has 1 aromatic rings. The number of hydrogen-bond donors (Lipinski definition) is 0. The molecule has 6 heteroatoms. The second-order valence-electron chi connectivity index (χ2n) is 7.64. The molecule has 2 aliphatic heterocycles. The van der Waals surface area contributed by atoms with Gasteiger partial charge >= 0.3 is 12.1 Å². The van der Waals surface area contributed by atoms with E-state index in [0.29, 0.717) is 13.0 Å². The Morgan fingerprint density at radius 2 is 2.07 bits per heavy atom. The maximum absolute atomic E-state index is 12.7. The van der Waals surface area contributed by atoms with Crippen molar-refractivity contribution < 1.29 is 23.8 Å². The second kappa shape index (κ2) is 7.49. The van der Waals surface area contributed by atoms with Gasteiger partial charge in [0.05, 0.1) is 12.6 Å². The van der Waals surface area contributed by atoms with Crippen molar-refractivity contribution >= 4 is 12.1 Å². The molecule has 3 aliphatic rings. The molecule has 0 aromatic heterocycles. The van der Waals surface area contributed by atoms with Crippen molar-refractivity contribution in [3.63, 3.8) is 0 Å². The lowest BCUT2D eigenvalue weighted by Gasteiger charge is -2.48. The second-order valence-corrected chi connectivity index (χ2v) is 7.64. The highest BCUT2D eigenvalue weighted by atomic mass is 16.6. The normalized spacial score (nSPS) is 31.6. The molecule has 1 saturated heterocycles. The van der Waals surface area contributed by atoms with Crippen LogP contribution in [0.2, 0.25) is 0 Å². The van der Waals surface area contributed by atoms with Crippen LogP contribution in [0.1, 0.15) is 51.0 Å². The molecule has 4 rings (SSSR count). The van der Waals surface area contributed by atoms with Crippen molar-refractivity contribution in [2.45, 2.75) is 57.2 Å². The summed E-state index contributed by atoms with van der Waals surface area (Å²) in [6, 6.07) is 10.1.